The van der Waals surface area contributed by atoms with E-state index in [9.17, 15) is 9.59 Å². The first kappa shape index (κ1) is 23.5. The summed E-state index contributed by atoms with van der Waals surface area (Å²) in [5, 5.41) is 0.747. The molecule has 4 rings (SSSR count). The monoisotopic (exact) mass is 462 g/mol. The average Bonchev–Trinajstić information content (AvgIpc) is 2.82. The molecule has 1 fully saturated rings. The zero-order valence-electron chi connectivity index (χ0n) is 20.0. The van der Waals surface area contributed by atoms with Gasteiger partial charge in [-0.1, -0.05) is 18.2 Å². The molecule has 0 saturated carbocycles. The van der Waals surface area contributed by atoms with Crippen molar-refractivity contribution in [1.82, 2.24) is 9.88 Å². The normalized spacial score (nSPS) is 16.2. The number of likely N-dealkylation sites (tertiary alicyclic amines) is 1. The van der Waals surface area contributed by atoms with Gasteiger partial charge in [-0.2, -0.15) is 0 Å². The van der Waals surface area contributed by atoms with Gasteiger partial charge in [0.2, 0.25) is 0 Å². The maximum atomic E-state index is 12.4. The second kappa shape index (κ2) is 9.71. The lowest BCUT2D eigenvalue weighted by Crippen LogP contribution is -2.46. The Labute approximate surface area is 199 Å². The Balaban J connectivity index is 1.47. The van der Waals surface area contributed by atoms with Gasteiger partial charge >= 0.3 is 12.1 Å². The number of carbonyl (C=O) groups excluding carboxylic acids is 2. The number of methoxy groups -OCH3 is 1. The van der Waals surface area contributed by atoms with Crippen molar-refractivity contribution < 1.29 is 23.8 Å². The fraction of sp³-hybridized carbons (Fsp3) is 0.370. The zero-order valence-corrected chi connectivity index (χ0v) is 20.0. The third kappa shape index (κ3) is 5.47. The Hall–Kier alpha value is -3.61. The van der Waals surface area contributed by atoms with Gasteiger partial charge < -0.3 is 19.1 Å². The number of carbonyl (C=O) groups is 2. The summed E-state index contributed by atoms with van der Waals surface area (Å²) in [6.45, 7) is 6.79. The van der Waals surface area contributed by atoms with Gasteiger partial charge in [0.05, 0.1) is 24.7 Å². The molecule has 1 aromatic heterocycles. The number of fused-ring (bicyclic) bond motifs is 1. The zero-order chi connectivity index (χ0) is 24.3. The van der Waals surface area contributed by atoms with Crippen molar-refractivity contribution in [2.24, 2.45) is 0 Å². The molecule has 7 nitrogen and oxygen atoms in total. The molecule has 2 heterocycles. The summed E-state index contributed by atoms with van der Waals surface area (Å²) in [7, 11) is 1.37. The number of benzene rings is 2. The highest BCUT2D eigenvalue weighted by Gasteiger charge is 2.28. The molecule has 1 atom stereocenters. The van der Waals surface area contributed by atoms with Crippen LogP contribution >= 0.6 is 0 Å². The average molecular weight is 463 g/mol. The molecule has 0 bridgehead atoms. The molecule has 1 saturated heterocycles. The van der Waals surface area contributed by atoms with E-state index < -0.39 is 5.60 Å². The molecule has 0 aliphatic carbocycles. The quantitative estimate of drug-likeness (QED) is 0.479. The van der Waals surface area contributed by atoms with Crippen LogP contribution in [0.3, 0.4) is 0 Å². The van der Waals surface area contributed by atoms with E-state index in [4.69, 9.17) is 14.2 Å². The predicted octanol–water partition coefficient (Wildman–Crippen LogP) is 5.47. The number of nitrogens with zero attached hydrogens (tertiary/aromatic N) is 2. The van der Waals surface area contributed by atoms with Crippen LogP contribution in [0, 0.1) is 0 Å². The first-order chi connectivity index (χ1) is 16.2. The second-order valence-electron chi connectivity index (χ2n) is 9.41. The molecule has 7 heteroatoms. The Kier molecular flexibility index (Phi) is 6.72. The van der Waals surface area contributed by atoms with Crippen LogP contribution in [0.1, 0.15) is 44.0 Å². The lowest BCUT2D eigenvalue weighted by molar-refractivity contribution is 0.00775. The minimum atomic E-state index is -0.517. The minimum Gasteiger partial charge on any atom is -0.489 e. The van der Waals surface area contributed by atoms with E-state index >= 15 is 0 Å². The van der Waals surface area contributed by atoms with Crippen LogP contribution in [-0.4, -0.2) is 53.9 Å². The van der Waals surface area contributed by atoms with Crippen LogP contribution in [0.5, 0.6) is 5.75 Å². The van der Waals surface area contributed by atoms with Gasteiger partial charge in [-0.15, -0.1) is 0 Å². The van der Waals surface area contributed by atoms with Crippen molar-refractivity contribution in [3.63, 3.8) is 0 Å². The summed E-state index contributed by atoms with van der Waals surface area (Å²) < 4.78 is 16.6. The summed E-state index contributed by atoms with van der Waals surface area (Å²) in [5.41, 5.74) is 2.66. The Bertz CT molecular complexity index is 1180. The van der Waals surface area contributed by atoms with Crippen molar-refractivity contribution in [1.29, 1.82) is 0 Å². The Morgan fingerprint density at radius 2 is 1.76 bits per heavy atom. The summed E-state index contributed by atoms with van der Waals surface area (Å²) in [5.74, 6) is 0.360. The molecule has 178 valence electrons. The Morgan fingerprint density at radius 3 is 2.47 bits per heavy atom. The van der Waals surface area contributed by atoms with Gasteiger partial charge in [-0.3, -0.25) is 4.98 Å². The summed E-state index contributed by atoms with van der Waals surface area (Å²) in [6.07, 6.45) is 2.98. The molecule has 1 unspecified atom stereocenters. The SMILES string of the molecule is COC(=O)c1ccnc2ccc(-c3ccc(OC4CCCN(C(=O)OC(C)(C)C)C4)cc3)cc12. The number of piperidine rings is 1. The van der Waals surface area contributed by atoms with Crippen molar-refractivity contribution in [3.05, 3.63) is 60.3 Å². The number of aromatic nitrogens is 1. The van der Waals surface area contributed by atoms with Gasteiger partial charge in [0.25, 0.3) is 0 Å². The summed E-state index contributed by atoms with van der Waals surface area (Å²) in [4.78, 5) is 30.6. The Morgan fingerprint density at radius 1 is 1.03 bits per heavy atom. The molecule has 0 N–H and O–H groups in total. The van der Waals surface area contributed by atoms with Crippen LogP contribution < -0.4 is 4.74 Å². The number of amides is 1. The van der Waals surface area contributed by atoms with Crippen LogP contribution in [-0.2, 0) is 9.47 Å². The fourth-order valence-corrected chi connectivity index (χ4v) is 4.06. The molecular formula is C27H30N2O5. The van der Waals surface area contributed by atoms with Crippen LogP contribution in [0.25, 0.3) is 22.0 Å². The number of hydrogen-bond acceptors (Lipinski definition) is 6. The number of rotatable bonds is 4. The highest BCUT2D eigenvalue weighted by Crippen LogP contribution is 2.28. The molecule has 0 radical (unpaired) electrons. The third-order valence-corrected chi connectivity index (χ3v) is 5.67. The van der Waals surface area contributed by atoms with Crippen molar-refractivity contribution in [3.8, 4) is 16.9 Å². The minimum absolute atomic E-state index is 0.0820. The first-order valence-corrected chi connectivity index (χ1v) is 11.5. The molecular weight excluding hydrogens is 432 g/mol. The first-order valence-electron chi connectivity index (χ1n) is 11.5. The van der Waals surface area contributed by atoms with E-state index in [0.29, 0.717) is 18.7 Å². The van der Waals surface area contributed by atoms with E-state index in [-0.39, 0.29) is 18.2 Å². The van der Waals surface area contributed by atoms with Gasteiger partial charge in [-0.05, 0) is 75.1 Å². The van der Waals surface area contributed by atoms with Gasteiger partial charge in [0.1, 0.15) is 17.5 Å². The van der Waals surface area contributed by atoms with E-state index in [2.05, 4.69) is 4.98 Å². The lowest BCUT2D eigenvalue weighted by Gasteiger charge is -2.34. The molecule has 2 aromatic carbocycles. The highest BCUT2D eigenvalue weighted by molar-refractivity contribution is 6.04. The number of pyridine rings is 1. The van der Waals surface area contributed by atoms with Crippen LogP contribution in [0.15, 0.2) is 54.7 Å². The maximum absolute atomic E-state index is 12.4. The molecule has 1 aliphatic heterocycles. The summed E-state index contributed by atoms with van der Waals surface area (Å²) >= 11 is 0. The van der Waals surface area contributed by atoms with Crippen LogP contribution in [0.4, 0.5) is 4.79 Å². The van der Waals surface area contributed by atoms with Crippen molar-refractivity contribution >= 4 is 23.0 Å². The van der Waals surface area contributed by atoms with Gasteiger partial charge in [0, 0.05) is 18.1 Å². The smallest absolute Gasteiger partial charge is 0.410 e. The lowest BCUT2D eigenvalue weighted by atomic mass is 10.0. The number of hydrogen-bond donors (Lipinski definition) is 0. The standard InChI is InChI=1S/C27H30N2O5/c1-27(2,3)34-26(31)29-15-5-6-21(17-29)33-20-10-7-18(8-11-20)19-9-12-24-23(16-19)22(13-14-28-24)25(30)32-4/h7-14,16,21H,5-6,15,17H2,1-4H3. The molecule has 1 aliphatic rings. The number of ether oxygens (including phenoxy) is 3. The van der Waals surface area contributed by atoms with Gasteiger partial charge in [0.15, 0.2) is 0 Å². The number of esters is 1. The maximum Gasteiger partial charge on any atom is 0.410 e. The fourth-order valence-electron chi connectivity index (χ4n) is 4.06. The van der Waals surface area contributed by atoms with Gasteiger partial charge in [-0.25, -0.2) is 9.59 Å². The van der Waals surface area contributed by atoms with E-state index in [1.165, 1.54) is 7.11 Å². The summed E-state index contributed by atoms with van der Waals surface area (Å²) in [6, 6.07) is 15.3. The topological polar surface area (TPSA) is 78.0 Å². The van der Waals surface area contributed by atoms with E-state index in [1.54, 1.807) is 17.2 Å². The third-order valence-electron chi connectivity index (χ3n) is 5.67. The highest BCUT2D eigenvalue weighted by atomic mass is 16.6. The molecule has 1 amide bonds. The molecule has 34 heavy (non-hydrogen) atoms. The van der Waals surface area contributed by atoms with E-state index in [1.807, 2.05) is 63.2 Å². The molecule has 0 spiro atoms. The van der Waals surface area contributed by atoms with Crippen molar-refractivity contribution in [2.75, 3.05) is 20.2 Å². The predicted molar refractivity (Wildman–Crippen MR) is 130 cm³/mol. The largest absolute Gasteiger partial charge is 0.489 e. The second-order valence-corrected chi connectivity index (χ2v) is 9.41. The van der Waals surface area contributed by atoms with Crippen LogP contribution in [0.2, 0.25) is 0 Å². The molecule has 3 aromatic rings. The van der Waals surface area contributed by atoms with E-state index in [0.717, 1.165) is 40.6 Å². The van der Waals surface area contributed by atoms with Crippen molar-refractivity contribution in [2.45, 2.75) is 45.3 Å².